The van der Waals surface area contributed by atoms with Gasteiger partial charge in [-0.1, -0.05) is 0 Å². The molecular weight excluding hydrogens is 256 g/mol. The first-order valence-corrected chi connectivity index (χ1v) is 7.02. The minimum atomic E-state index is -3.04. The average Bonchev–Trinajstić information content (AvgIpc) is 2.44. The number of urea groups is 1. The molecule has 16 heavy (non-hydrogen) atoms. The molecule has 0 spiro atoms. The second-order valence-corrected chi connectivity index (χ2v) is 6.56. The Morgan fingerprint density at radius 2 is 2.06 bits per heavy atom. The summed E-state index contributed by atoms with van der Waals surface area (Å²) in [7, 11) is -3.04. The molecule has 1 aliphatic rings. The van der Waals surface area contributed by atoms with E-state index in [0.717, 1.165) is 0 Å². The molecule has 1 heterocycles. The van der Waals surface area contributed by atoms with Crippen molar-refractivity contribution in [2.24, 2.45) is 0 Å². The van der Waals surface area contributed by atoms with E-state index in [1.165, 1.54) is 6.92 Å². The third kappa shape index (κ3) is 3.97. The van der Waals surface area contributed by atoms with Crippen molar-refractivity contribution in [3.05, 3.63) is 0 Å². The zero-order valence-electron chi connectivity index (χ0n) is 8.70. The highest BCUT2D eigenvalue weighted by atomic mass is 35.5. The Hall–Kier alpha value is -0.820. The lowest BCUT2D eigenvalue weighted by molar-refractivity contribution is -0.119. The number of hydrogen-bond donors (Lipinski definition) is 2. The van der Waals surface area contributed by atoms with Crippen LogP contribution in [0.1, 0.15) is 13.3 Å². The summed E-state index contributed by atoms with van der Waals surface area (Å²) in [6, 6.07) is -1.14. The SMILES string of the molecule is C[C@H](Cl)C(=O)NC(=O)N[C@H]1CCS(=O)(=O)C1. The van der Waals surface area contributed by atoms with Gasteiger partial charge in [-0.3, -0.25) is 10.1 Å². The fourth-order valence-electron chi connectivity index (χ4n) is 1.34. The zero-order chi connectivity index (χ0) is 12.3. The van der Waals surface area contributed by atoms with Gasteiger partial charge in [0.1, 0.15) is 5.38 Å². The molecule has 0 aromatic carbocycles. The molecule has 0 bridgehead atoms. The second kappa shape index (κ2) is 5.01. The predicted molar refractivity (Wildman–Crippen MR) is 59.0 cm³/mol. The molecule has 2 atom stereocenters. The summed E-state index contributed by atoms with van der Waals surface area (Å²) in [5.41, 5.74) is 0. The number of sulfone groups is 1. The van der Waals surface area contributed by atoms with Gasteiger partial charge in [0.25, 0.3) is 0 Å². The van der Waals surface area contributed by atoms with Gasteiger partial charge in [-0.2, -0.15) is 0 Å². The van der Waals surface area contributed by atoms with Crippen molar-refractivity contribution in [2.75, 3.05) is 11.5 Å². The van der Waals surface area contributed by atoms with E-state index >= 15 is 0 Å². The molecule has 3 amide bonds. The van der Waals surface area contributed by atoms with Crippen LogP contribution < -0.4 is 10.6 Å². The lowest BCUT2D eigenvalue weighted by Crippen LogP contribution is -2.46. The predicted octanol–water partition coefficient (Wildman–Crippen LogP) is -0.373. The monoisotopic (exact) mass is 268 g/mol. The maximum atomic E-state index is 11.2. The zero-order valence-corrected chi connectivity index (χ0v) is 10.3. The van der Waals surface area contributed by atoms with Crippen molar-refractivity contribution in [2.45, 2.75) is 24.8 Å². The Bertz CT molecular complexity index is 393. The molecule has 1 fully saturated rings. The summed E-state index contributed by atoms with van der Waals surface area (Å²) in [4.78, 5) is 22.3. The molecule has 1 aliphatic heterocycles. The van der Waals surface area contributed by atoms with Gasteiger partial charge in [0.2, 0.25) is 5.91 Å². The number of carbonyl (C=O) groups excluding carboxylic acids is 2. The molecule has 8 heteroatoms. The maximum Gasteiger partial charge on any atom is 0.321 e. The molecule has 1 rings (SSSR count). The van der Waals surface area contributed by atoms with Crippen molar-refractivity contribution in [1.29, 1.82) is 0 Å². The lowest BCUT2D eigenvalue weighted by atomic mass is 10.3. The number of hydrogen-bond acceptors (Lipinski definition) is 4. The number of rotatable bonds is 2. The van der Waals surface area contributed by atoms with E-state index in [1.54, 1.807) is 0 Å². The quantitative estimate of drug-likeness (QED) is 0.668. The first-order valence-electron chi connectivity index (χ1n) is 4.76. The Morgan fingerprint density at radius 1 is 1.44 bits per heavy atom. The lowest BCUT2D eigenvalue weighted by Gasteiger charge is -2.11. The molecule has 0 unspecified atom stereocenters. The molecule has 0 saturated carbocycles. The van der Waals surface area contributed by atoms with E-state index < -0.39 is 33.2 Å². The molecule has 0 aromatic rings. The Morgan fingerprint density at radius 3 is 2.50 bits per heavy atom. The number of nitrogens with one attached hydrogen (secondary N) is 2. The molecular formula is C8H13ClN2O4S. The summed E-state index contributed by atoms with van der Waals surface area (Å²) >= 11 is 5.45. The fraction of sp³-hybridized carbons (Fsp3) is 0.750. The summed E-state index contributed by atoms with van der Waals surface area (Å²) in [5.74, 6) is -0.622. The van der Waals surface area contributed by atoms with Gasteiger partial charge >= 0.3 is 6.03 Å². The maximum absolute atomic E-state index is 11.2. The van der Waals surface area contributed by atoms with Crippen LogP contribution in [0.5, 0.6) is 0 Å². The largest absolute Gasteiger partial charge is 0.334 e. The number of halogens is 1. The first kappa shape index (κ1) is 13.2. The van der Waals surface area contributed by atoms with Crippen molar-refractivity contribution in [1.82, 2.24) is 10.6 Å². The molecule has 6 nitrogen and oxygen atoms in total. The van der Waals surface area contributed by atoms with Gasteiger partial charge in [0.05, 0.1) is 11.5 Å². The summed E-state index contributed by atoms with van der Waals surface area (Å²) in [5, 5.41) is 3.62. The van der Waals surface area contributed by atoms with Crippen molar-refractivity contribution in [3.63, 3.8) is 0 Å². The van der Waals surface area contributed by atoms with E-state index in [0.29, 0.717) is 6.42 Å². The van der Waals surface area contributed by atoms with Crippen LogP contribution in [0.3, 0.4) is 0 Å². The highest BCUT2D eigenvalue weighted by Crippen LogP contribution is 2.10. The molecule has 1 saturated heterocycles. The third-order valence-corrected chi connectivity index (χ3v) is 4.13. The molecule has 92 valence electrons. The smallest absolute Gasteiger partial charge is 0.321 e. The Balaban J connectivity index is 2.39. The molecule has 0 aromatic heterocycles. The molecule has 0 aliphatic carbocycles. The van der Waals surface area contributed by atoms with E-state index in [2.05, 4.69) is 5.32 Å². The van der Waals surface area contributed by atoms with Crippen LogP contribution in [0.25, 0.3) is 0 Å². The highest BCUT2D eigenvalue weighted by Gasteiger charge is 2.29. The number of imide groups is 1. The van der Waals surface area contributed by atoms with Crippen molar-refractivity contribution in [3.8, 4) is 0 Å². The minimum absolute atomic E-state index is 0.0673. The second-order valence-electron chi connectivity index (χ2n) is 3.68. The summed E-state index contributed by atoms with van der Waals surface area (Å²) < 4.78 is 22.2. The third-order valence-electron chi connectivity index (χ3n) is 2.17. The standard InChI is InChI=1S/C8H13ClN2O4S/c1-5(9)7(12)11-8(13)10-6-2-3-16(14,15)4-6/h5-6H,2-4H2,1H3,(H2,10,11,12,13)/t5-,6-/m0/s1. The van der Waals surface area contributed by atoms with Crippen molar-refractivity contribution < 1.29 is 18.0 Å². The summed E-state index contributed by atoms with van der Waals surface area (Å²) in [6.45, 7) is 1.43. The highest BCUT2D eigenvalue weighted by molar-refractivity contribution is 7.91. The van der Waals surface area contributed by atoms with Gasteiger partial charge in [-0.05, 0) is 13.3 Å². The van der Waals surface area contributed by atoms with Crippen molar-refractivity contribution >= 4 is 33.4 Å². The van der Waals surface area contributed by atoms with Gasteiger partial charge < -0.3 is 5.32 Å². The van der Waals surface area contributed by atoms with Gasteiger partial charge in [-0.25, -0.2) is 13.2 Å². The van der Waals surface area contributed by atoms with Crippen LogP contribution in [0.15, 0.2) is 0 Å². The minimum Gasteiger partial charge on any atom is -0.334 e. The summed E-state index contributed by atoms with van der Waals surface area (Å²) in [6.07, 6.45) is 0.375. The van der Waals surface area contributed by atoms with Crippen LogP contribution in [0.2, 0.25) is 0 Å². The van der Waals surface area contributed by atoms with Crippen LogP contribution in [0.4, 0.5) is 4.79 Å². The van der Waals surface area contributed by atoms with Gasteiger partial charge in [0, 0.05) is 6.04 Å². The van der Waals surface area contributed by atoms with E-state index in [-0.39, 0.29) is 11.5 Å². The number of amides is 3. The van der Waals surface area contributed by atoms with Crippen LogP contribution in [-0.4, -0.2) is 43.3 Å². The van der Waals surface area contributed by atoms with Gasteiger partial charge in [0.15, 0.2) is 9.84 Å². The average molecular weight is 269 g/mol. The van der Waals surface area contributed by atoms with Crippen LogP contribution in [-0.2, 0) is 14.6 Å². The van der Waals surface area contributed by atoms with Crippen LogP contribution in [0, 0.1) is 0 Å². The first-order chi connectivity index (χ1) is 7.30. The van der Waals surface area contributed by atoms with E-state index in [4.69, 9.17) is 11.6 Å². The number of alkyl halides is 1. The normalized spacial score (nSPS) is 24.8. The fourth-order valence-corrected chi connectivity index (χ4v) is 3.07. The van der Waals surface area contributed by atoms with Crippen LogP contribution >= 0.6 is 11.6 Å². The Labute approximate surface area is 98.6 Å². The van der Waals surface area contributed by atoms with E-state index in [9.17, 15) is 18.0 Å². The van der Waals surface area contributed by atoms with Gasteiger partial charge in [-0.15, -0.1) is 11.6 Å². The van der Waals surface area contributed by atoms with E-state index in [1.807, 2.05) is 5.32 Å². The molecule has 0 radical (unpaired) electrons. The Kier molecular flexibility index (Phi) is 4.15. The number of carbonyl (C=O) groups is 2. The topological polar surface area (TPSA) is 92.3 Å². The molecule has 2 N–H and O–H groups in total.